The van der Waals surface area contributed by atoms with E-state index in [1.807, 2.05) is 0 Å². The molecule has 0 saturated heterocycles. The number of sulfone groups is 1. The largest absolute Gasteiger partial charge is 0.413 e. The molecule has 0 aliphatic rings. The molecule has 0 fully saturated rings. The van der Waals surface area contributed by atoms with Crippen LogP contribution in [-0.4, -0.2) is 25.4 Å². The monoisotopic (exact) mass is 360 g/mol. The SMILES string of the molecule is O=C(NCS(=O)(=O)c1ccccc1)Oc1cc(Cl)nc(Cl)c1. The number of carbonyl (C=O) groups excluding carboxylic acids is 1. The van der Waals surface area contributed by atoms with Crippen LogP contribution in [0, 0.1) is 0 Å². The van der Waals surface area contributed by atoms with E-state index >= 15 is 0 Å². The number of amides is 1. The van der Waals surface area contributed by atoms with Crippen molar-refractivity contribution >= 4 is 39.1 Å². The zero-order valence-electron chi connectivity index (χ0n) is 11.0. The van der Waals surface area contributed by atoms with Crippen molar-refractivity contribution in [1.29, 1.82) is 0 Å². The molecule has 1 aromatic carbocycles. The fraction of sp³-hybridized carbons (Fsp3) is 0.0769. The Balaban J connectivity index is 1.98. The summed E-state index contributed by atoms with van der Waals surface area (Å²) in [6.45, 7) is 0. The van der Waals surface area contributed by atoms with Gasteiger partial charge < -0.3 is 10.1 Å². The number of rotatable bonds is 4. The van der Waals surface area contributed by atoms with Gasteiger partial charge in [0.15, 0.2) is 9.84 Å². The summed E-state index contributed by atoms with van der Waals surface area (Å²) in [5, 5.41) is 2.25. The first-order valence-electron chi connectivity index (χ1n) is 5.93. The lowest BCUT2D eigenvalue weighted by Gasteiger charge is -2.08. The Morgan fingerprint density at radius 3 is 2.32 bits per heavy atom. The lowest BCUT2D eigenvalue weighted by atomic mass is 10.4. The fourth-order valence-electron chi connectivity index (χ4n) is 1.51. The van der Waals surface area contributed by atoms with Crippen molar-refractivity contribution in [3.05, 3.63) is 52.8 Å². The van der Waals surface area contributed by atoms with Crippen LogP contribution in [0.15, 0.2) is 47.4 Å². The highest BCUT2D eigenvalue weighted by Crippen LogP contribution is 2.20. The standard InChI is InChI=1S/C13H10Cl2N2O4S/c14-11-6-9(7-12(15)17-11)21-13(18)16-8-22(19,20)10-4-2-1-3-5-10/h1-7H,8H2,(H,16,18). The molecule has 2 aromatic rings. The third-order valence-corrected chi connectivity index (χ3v) is 4.36. The van der Waals surface area contributed by atoms with Crippen LogP contribution in [-0.2, 0) is 9.84 Å². The molecule has 0 aliphatic carbocycles. The van der Waals surface area contributed by atoms with Gasteiger partial charge in [0, 0.05) is 12.1 Å². The van der Waals surface area contributed by atoms with Crippen LogP contribution in [0.25, 0.3) is 0 Å². The summed E-state index contributed by atoms with van der Waals surface area (Å²) in [6.07, 6.45) is -0.946. The van der Waals surface area contributed by atoms with E-state index in [1.54, 1.807) is 18.2 Å². The van der Waals surface area contributed by atoms with Gasteiger partial charge in [-0.05, 0) is 12.1 Å². The molecule has 0 unspecified atom stereocenters. The van der Waals surface area contributed by atoms with Crippen molar-refractivity contribution in [2.75, 3.05) is 5.88 Å². The molecular formula is C13H10Cl2N2O4S. The summed E-state index contributed by atoms with van der Waals surface area (Å²) in [6, 6.07) is 10.3. The molecule has 1 amide bonds. The van der Waals surface area contributed by atoms with Gasteiger partial charge in [0.2, 0.25) is 0 Å². The lowest BCUT2D eigenvalue weighted by molar-refractivity contribution is 0.202. The fourth-order valence-corrected chi connectivity index (χ4v) is 3.00. The quantitative estimate of drug-likeness (QED) is 0.847. The van der Waals surface area contributed by atoms with Crippen LogP contribution in [0.3, 0.4) is 0 Å². The van der Waals surface area contributed by atoms with E-state index in [4.69, 9.17) is 27.9 Å². The minimum Gasteiger partial charge on any atom is -0.410 e. The first-order valence-corrected chi connectivity index (χ1v) is 8.34. The average molecular weight is 361 g/mol. The molecule has 0 saturated carbocycles. The second kappa shape index (κ2) is 6.95. The Morgan fingerprint density at radius 1 is 1.14 bits per heavy atom. The molecule has 1 heterocycles. The number of aromatic nitrogens is 1. The van der Waals surface area contributed by atoms with Gasteiger partial charge >= 0.3 is 6.09 Å². The van der Waals surface area contributed by atoms with Gasteiger partial charge in [-0.1, -0.05) is 41.4 Å². The number of hydrogen-bond acceptors (Lipinski definition) is 5. The highest BCUT2D eigenvalue weighted by molar-refractivity contribution is 7.91. The van der Waals surface area contributed by atoms with E-state index in [0.29, 0.717) is 0 Å². The summed E-state index contributed by atoms with van der Waals surface area (Å²) in [4.78, 5) is 15.4. The van der Waals surface area contributed by atoms with Crippen LogP contribution in [0.4, 0.5) is 4.79 Å². The third-order valence-electron chi connectivity index (χ3n) is 2.46. The number of nitrogens with one attached hydrogen (secondary N) is 1. The van der Waals surface area contributed by atoms with Crippen molar-refractivity contribution in [1.82, 2.24) is 10.3 Å². The van der Waals surface area contributed by atoms with Gasteiger partial charge in [0.25, 0.3) is 0 Å². The molecule has 6 nitrogen and oxygen atoms in total. The Bertz CT molecular complexity index is 762. The van der Waals surface area contributed by atoms with Crippen molar-refractivity contribution < 1.29 is 17.9 Å². The van der Waals surface area contributed by atoms with Crippen LogP contribution in [0.5, 0.6) is 5.75 Å². The van der Waals surface area contributed by atoms with Gasteiger partial charge in [-0.2, -0.15) is 0 Å². The summed E-state index contributed by atoms with van der Waals surface area (Å²) in [5.41, 5.74) is 0. The Hall–Kier alpha value is -1.83. The highest BCUT2D eigenvalue weighted by Gasteiger charge is 2.16. The molecule has 0 atom stereocenters. The second-order valence-electron chi connectivity index (χ2n) is 4.09. The van der Waals surface area contributed by atoms with Crippen LogP contribution in [0.2, 0.25) is 10.3 Å². The average Bonchev–Trinajstić information content (AvgIpc) is 2.45. The minimum absolute atomic E-state index is 0.0483. The number of pyridine rings is 1. The van der Waals surface area contributed by atoms with Gasteiger partial charge in [-0.25, -0.2) is 18.2 Å². The third kappa shape index (κ3) is 4.59. The molecule has 0 spiro atoms. The van der Waals surface area contributed by atoms with E-state index in [1.165, 1.54) is 24.3 Å². The summed E-state index contributed by atoms with van der Waals surface area (Å²) >= 11 is 11.3. The van der Waals surface area contributed by atoms with Gasteiger partial charge in [-0.3, -0.25) is 0 Å². The smallest absolute Gasteiger partial charge is 0.410 e. The molecule has 0 radical (unpaired) electrons. The number of ether oxygens (including phenoxy) is 1. The van der Waals surface area contributed by atoms with Crippen LogP contribution >= 0.6 is 23.2 Å². The number of halogens is 2. The van der Waals surface area contributed by atoms with Crippen LogP contribution in [0.1, 0.15) is 0 Å². The molecule has 0 aliphatic heterocycles. The van der Waals surface area contributed by atoms with Crippen molar-refractivity contribution in [2.45, 2.75) is 4.90 Å². The zero-order chi connectivity index (χ0) is 16.2. The predicted molar refractivity (Wildman–Crippen MR) is 81.9 cm³/mol. The Kier molecular flexibility index (Phi) is 5.23. The summed E-state index contributed by atoms with van der Waals surface area (Å²) in [5.74, 6) is -0.540. The number of hydrogen-bond donors (Lipinski definition) is 1. The number of benzene rings is 1. The van der Waals surface area contributed by atoms with E-state index in [0.717, 1.165) is 0 Å². The molecule has 9 heteroatoms. The highest BCUT2D eigenvalue weighted by atomic mass is 35.5. The van der Waals surface area contributed by atoms with E-state index in [9.17, 15) is 13.2 Å². The van der Waals surface area contributed by atoms with Gasteiger partial charge in [0.05, 0.1) is 4.90 Å². The first kappa shape index (κ1) is 16.5. The van der Waals surface area contributed by atoms with E-state index in [2.05, 4.69) is 10.3 Å². The molecule has 116 valence electrons. The second-order valence-corrected chi connectivity index (χ2v) is 6.85. The van der Waals surface area contributed by atoms with E-state index < -0.39 is 21.8 Å². The lowest BCUT2D eigenvalue weighted by Crippen LogP contribution is -2.32. The number of carbonyl (C=O) groups is 1. The minimum atomic E-state index is -3.64. The first-order chi connectivity index (χ1) is 10.4. The van der Waals surface area contributed by atoms with E-state index in [-0.39, 0.29) is 21.0 Å². The Morgan fingerprint density at radius 2 is 1.73 bits per heavy atom. The zero-order valence-corrected chi connectivity index (χ0v) is 13.3. The predicted octanol–water partition coefficient (Wildman–Crippen LogP) is 2.91. The molecule has 22 heavy (non-hydrogen) atoms. The number of nitrogens with zero attached hydrogens (tertiary/aromatic N) is 1. The summed E-state index contributed by atoms with van der Waals surface area (Å²) < 4.78 is 28.8. The maximum absolute atomic E-state index is 12.0. The Labute approximate surface area is 136 Å². The molecule has 2 rings (SSSR count). The van der Waals surface area contributed by atoms with Crippen LogP contribution < -0.4 is 10.1 Å². The maximum atomic E-state index is 12.0. The topological polar surface area (TPSA) is 85.4 Å². The maximum Gasteiger partial charge on any atom is 0.413 e. The van der Waals surface area contributed by atoms with Crippen molar-refractivity contribution in [3.63, 3.8) is 0 Å². The molecule has 0 bridgehead atoms. The van der Waals surface area contributed by atoms with Gasteiger partial charge in [-0.15, -0.1) is 0 Å². The van der Waals surface area contributed by atoms with Gasteiger partial charge in [0.1, 0.15) is 21.9 Å². The normalized spacial score (nSPS) is 11.0. The molecular weight excluding hydrogens is 351 g/mol. The van der Waals surface area contributed by atoms with Crippen molar-refractivity contribution in [3.8, 4) is 5.75 Å². The van der Waals surface area contributed by atoms with Crippen molar-refractivity contribution in [2.24, 2.45) is 0 Å². The summed E-state index contributed by atoms with van der Waals surface area (Å²) in [7, 11) is -3.64. The molecule has 1 aromatic heterocycles. The molecule has 1 N–H and O–H groups in total.